The van der Waals surface area contributed by atoms with Crippen LogP contribution in [0.2, 0.25) is 0 Å². The van der Waals surface area contributed by atoms with Crippen molar-refractivity contribution in [1.29, 1.82) is 0 Å². The molecule has 6 nitrogen and oxygen atoms in total. The van der Waals surface area contributed by atoms with Gasteiger partial charge in [-0.15, -0.1) is 0 Å². The van der Waals surface area contributed by atoms with E-state index >= 15 is 0 Å². The number of nitrogens with zero attached hydrogens (tertiary/aromatic N) is 1. The molecule has 7 heteroatoms. The van der Waals surface area contributed by atoms with Crippen LogP contribution in [-0.2, 0) is 4.79 Å². The number of aromatic nitrogens is 2. The van der Waals surface area contributed by atoms with Gasteiger partial charge in [0.25, 0.3) is 5.56 Å². The molecule has 1 aliphatic carbocycles. The van der Waals surface area contributed by atoms with Crippen molar-refractivity contribution in [2.24, 2.45) is 5.92 Å². The minimum atomic E-state index is -0.463. The molecule has 3 N–H and O–H groups in total. The molecule has 2 aliphatic rings. The number of benzene rings is 1. The summed E-state index contributed by atoms with van der Waals surface area (Å²) in [4.78, 5) is 32.7. The van der Waals surface area contributed by atoms with Crippen LogP contribution in [0.15, 0.2) is 46.0 Å². The zero-order chi connectivity index (χ0) is 17.6. The summed E-state index contributed by atoms with van der Waals surface area (Å²) in [6.45, 7) is 0. The zero-order valence-corrected chi connectivity index (χ0v) is 14.4. The highest BCUT2D eigenvalue weighted by molar-refractivity contribution is 7.98. The van der Waals surface area contributed by atoms with Crippen molar-refractivity contribution in [2.75, 3.05) is 11.6 Å². The summed E-state index contributed by atoms with van der Waals surface area (Å²) >= 11 is 1.35. The number of rotatable bonds is 2. The van der Waals surface area contributed by atoms with E-state index in [1.165, 1.54) is 11.8 Å². The molecule has 1 aliphatic heterocycles. The lowest BCUT2D eigenvalue weighted by molar-refractivity contribution is -0.122. The molecule has 128 valence electrons. The van der Waals surface area contributed by atoms with Gasteiger partial charge in [0.2, 0.25) is 0 Å². The molecule has 4 rings (SSSR count). The van der Waals surface area contributed by atoms with Crippen LogP contribution >= 0.6 is 11.8 Å². The molecule has 0 spiro atoms. The number of hydrogen-bond donors (Lipinski definition) is 3. The highest BCUT2D eigenvalue weighted by Gasteiger charge is 2.42. The van der Waals surface area contributed by atoms with Crippen molar-refractivity contribution in [3.05, 3.63) is 57.5 Å². The molecule has 0 fully saturated rings. The highest BCUT2D eigenvalue weighted by atomic mass is 32.2. The highest BCUT2D eigenvalue weighted by Crippen LogP contribution is 2.45. The summed E-state index contributed by atoms with van der Waals surface area (Å²) in [5.41, 5.74) is 1.72. The Labute approximate surface area is 148 Å². The fourth-order valence-corrected chi connectivity index (χ4v) is 4.02. The number of nitrogens with one attached hydrogen (secondary N) is 2. The summed E-state index contributed by atoms with van der Waals surface area (Å²) in [5.74, 6) is -0.229. The first kappa shape index (κ1) is 16.0. The van der Waals surface area contributed by atoms with Crippen molar-refractivity contribution in [3.63, 3.8) is 0 Å². The number of allylic oxidation sites excluding steroid dienone is 2. The number of carbonyl (C=O) groups is 1. The molecule has 25 heavy (non-hydrogen) atoms. The van der Waals surface area contributed by atoms with Gasteiger partial charge in [0.15, 0.2) is 5.16 Å². The number of aromatic amines is 1. The third-order valence-electron chi connectivity index (χ3n) is 4.70. The molecule has 0 bridgehead atoms. The van der Waals surface area contributed by atoms with E-state index in [0.717, 1.165) is 11.3 Å². The number of phenols is 1. The maximum absolute atomic E-state index is 12.8. The van der Waals surface area contributed by atoms with Crippen molar-refractivity contribution in [1.82, 2.24) is 9.97 Å². The standard InChI is InChI=1S/C18H17N3O3S/c1-25-18-20-16-15(17(24)21-18)13(9-4-2-5-10(22)8-9)14-11(19-16)6-3-7-12(14)23/h2,4-6,8,13-14,22H,3,7H2,1H3,(H2,19,20,21,24)/t13-,14-/m1/s1. The van der Waals surface area contributed by atoms with Gasteiger partial charge < -0.3 is 15.4 Å². The largest absolute Gasteiger partial charge is 0.508 e. The van der Waals surface area contributed by atoms with E-state index in [1.54, 1.807) is 18.2 Å². The van der Waals surface area contributed by atoms with Crippen LogP contribution in [0.3, 0.4) is 0 Å². The molecular formula is C18H17N3O3S. The molecule has 0 unspecified atom stereocenters. The smallest absolute Gasteiger partial charge is 0.257 e. The Morgan fingerprint density at radius 2 is 2.12 bits per heavy atom. The summed E-state index contributed by atoms with van der Waals surface area (Å²) in [6.07, 6.45) is 4.98. The first-order valence-corrected chi connectivity index (χ1v) is 9.28. The molecule has 1 aromatic carbocycles. The molecule has 0 saturated heterocycles. The van der Waals surface area contributed by atoms with Gasteiger partial charge in [-0.1, -0.05) is 30.0 Å². The van der Waals surface area contributed by atoms with E-state index in [2.05, 4.69) is 15.3 Å². The van der Waals surface area contributed by atoms with Gasteiger partial charge >= 0.3 is 0 Å². The predicted octanol–water partition coefficient (Wildman–Crippen LogP) is 2.62. The predicted molar refractivity (Wildman–Crippen MR) is 96.0 cm³/mol. The number of hydrogen-bond acceptors (Lipinski definition) is 6. The van der Waals surface area contributed by atoms with Crippen LogP contribution in [0.4, 0.5) is 5.82 Å². The summed E-state index contributed by atoms with van der Waals surface area (Å²) in [5, 5.41) is 13.6. The van der Waals surface area contributed by atoms with Gasteiger partial charge in [-0.25, -0.2) is 4.98 Å². The molecule has 0 saturated carbocycles. The molecule has 0 amide bonds. The zero-order valence-electron chi connectivity index (χ0n) is 13.6. The number of carbonyl (C=O) groups excluding carboxylic acids is 1. The number of H-pyrrole nitrogens is 1. The lowest BCUT2D eigenvalue weighted by Gasteiger charge is -2.36. The van der Waals surface area contributed by atoms with Gasteiger partial charge in [0.1, 0.15) is 17.4 Å². The molecular weight excluding hydrogens is 338 g/mol. The van der Waals surface area contributed by atoms with E-state index < -0.39 is 11.8 Å². The van der Waals surface area contributed by atoms with Crippen molar-refractivity contribution in [3.8, 4) is 5.75 Å². The van der Waals surface area contributed by atoms with Crippen LogP contribution in [0, 0.1) is 5.92 Å². The fourth-order valence-electron chi connectivity index (χ4n) is 3.64. The molecule has 1 aromatic heterocycles. The number of thioether (sulfide) groups is 1. The number of Topliss-reactive ketones (excluding diaryl/α,β-unsaturated/α-hetero) is 1. The third-order valence-corrected chi connectivity index (χ3v) is 5.28. The maximum Gasteiger partial charge on any atom is 0.257 e. The Balaban J connectivity index is 1.98. The molecule has 0 radical (unpaired) electrons. The second-order valence-electron chi connectivity index (χ2n) is 6.18. The van der Waals surface area contributed by atoms with E-state index in [1.807, 2.05) is 18.4 Å². The Hall–Kier alpha value is -2.54. The van der Waals surface area contributed by atoms with Gasteiger partial charge in [0, 0.05) is 18.0 Å². The van der Waals surface area contributed by atoms with Crippen LogP contribution in [0.1, 0.15) is 29.9 Å². The lowest BCUT2D eigenvalue weighted by Crippen LogP contribution is -2.38. The van der Waals surface area contributed by atoms with Gasteiger partial charge in [0.05, 0.1) is 11.5 Å². The Morgan fingerprint density at radius 1 is 1.28 bits per heavy atom. The first-order chi connectivity index (χ1) is 12.1. The average molecular weight is 355 g/mol. The lowest BCUT2D eigenvalue weighted by atomic mass is 9.72. The SMILES string of the molecule is CSc1nc2c(c(=O)[nH]1)[C@H](c1cccc(O)c1)[C@H]1C(=O)CCC=C1N2. The normalized spacial score (nSPS) is 21.8. The minimum absolute atomic E-state index is 0.0948. The second-order valence-corrected chi connectivity index (χ2v) is 6.97. The molecule has 2 atom stereocenters. The van der Waals surface area contributed by atoms with Crippen molar-refractivity contribution >= 4 is 23.4 Å². The monoisotopic (exact) mass is 355 g/mol. The van der Waals surface area contributed by atoms with Crippen LogP contribution in [-0.4, -0.2) is 27.1 Å². The maximum atomic E-state index is 12.8. The van der Waals surface area contributed by atoms with E-state index in [9.17, 15) is 14.7 Å². The number of ketones is 1. The molecule has 2 heterocycles. The number of anilines is 1. The van der Waals surface area contributed by atoms with E-state index in [0.29, 0.717) is 29.4 Å². The van der Waals surface area contributed by atoms with Gasteiger partial charge in [-0.3, -0.25) is 9.59 Å². The van der Waals surface area contributed by atoms with Crippen LogP contribution in [0.25, 0.3) is 0 Å². The quantitative estimate of drug-likeness (QED) is 0.566. The Kier molecular flexibility index (Phi) is 3.88. The van der Waals surface area contributed by atoms with Crippen molar-refractivity contribution < 1.29 is 9.90 Å². The second kappa shape index (κ2) is 6.07. The fraction of sp³-hybridized carbons (Fsp3) is 0.278. The summed E-state index contributed by atoms with van der Waals surface area (Å²) in [7, 11) is 0. The van der Waals surface area contributed by atoms with E-state index in [4.69, 9.17) is 0 Å². The third kappa shape index (κ3) is 2.64. The number of phenolic OH excluding ortho intramolecular Hbond substituents is 1. The number of fused-ring (bicyclic) bond motifs is 2. The van der Waals surface area contributed by atoms with Gasteiger partial charge in [-0.05, 0) is 30.4 Å². The average Bonchev–Trinajstić information content (AvgIpc) is 2.60. The van der Waals surface area contributed by atoms with Gasteiger partial charge in [-0.2, -0.15) is 0 Å². The first-order valence-electron chi connectivity index (χ1n) is 8.05. The van der Waals surface area contributed by atoms with Crippen LogP contribution < -0.4 is 10.9 Å². The topological polar surface area (TPSA) is 95.1 Å². The molecule has 2 aromatic rings. The summed E-state index contributed by atoms with van der Waals surface area (Å²) < 4.78 is 0. The minimum Gasteiger partial charge on any atom is -0.508 e. The van der Waals surface area contributed by atoms with Crippen LogP contribution in [0.5, 0.6) is 5.75 Å². The Morgan fingerprint density at radius 3 is 2.88 bits per heavy atom. The Bertz CT molecular complexity index is 951. The number of aromatic hydroxyl groups is 1. The van der Waals surface area contributed by atoms with Crippen molar-refractivity contribution in [2.45, 2.75) is 23.9 Å². The van der Waals surface area contributed by atoms with E-state index in [-0.39, 0.29) is 17.1 Å². The summed E-state index contributed by atoms with van der Waals surface area (Å²) in [6, 6.07) is 6.74.